The zero-order chi connectivity index (χ0) is 23.4. The monoisotopic (exact) mass is 483 g/mol. The highest BCUT2D eigenvalue weighted by atomic mass is 35.5. The van der Waals surface area contributed by atoms with Crippen molar-refractivity contribution < 1.29 is 9.18 Å². The van der Waals surface area contributed by atoms with Crippen molar-refractivity contribution in [2.75, 3.05) is 0 Å². The number of hydrogen-bond donors (Lipinski definition) is 1. The maximum atomic E-state index is 13.2. The maximum absolute atomic E-state index is 13.2. The first-order chi connectivity index (χ1) is 15.9. The Morgan fingerprint density at radius 2 is 1.94 bits per heavy atom. The lowest BCUT2D eigenvalue weighted by molar-refractivity contribution is 0.0955. The predicted molar refractivity (Wildman–Crippen MR) is 125 cm³/mol. The van der Waals surface area contributed by atoms with Crippen molar-refractivity contribution in [1.82, 2.24) is 30.0 Å². The number of thioether (sulfide) groups is 1. The third kappa shape index (κ3) is 5.29. The lowest BCUT2D eigenvalue weighted by atomic mass is 10.1. The molecular weight excluding hydrogens is 465 g/mol. The van der Waals surface area contributed by atoms with Crippen molar-refractivity contribution in [1.29, 1.82) is 0 Å². The molecule has 8 nitrogen and oxygen atoms in total. The van der Waals surface area contributed by atoms with Crippen molar-refractivity contribution in [3.8, 4) is 5.69 Å². The van der Waals surface area contributed by atoms with Gasteiger partial charge in [-0.15, -0.1) is 10.2 Å². The summed E-state index contributed by atoms with van der Waals surface area (Å²) in [5, 5.41) is 17.4. The topological polar surface area (TPSA) is 90.0 Å². The molecule has 0 radical (unpaired) electrons. The summed E-state index contributed by atoms with van der Waals surface area (Å²) in [4.78, 5) is 12.4. The van der Waals surface area contributed by atoms with Gasteiger partial charge in [0.15, 0.2) is 5.16 Å². The standard InChI is InChI=1S/C22H19ClFN7OS/c1-14-19(20(23)31(29-14)18-9-7-17(24)8-10-18)11-25-27-21(32)16-5-3-15(4-6-16)12-33-22-28-26-13-30(22)2/h3-11,13H,12H2,1-2H3,(H,27,32). The lowest BCUT2D eigenvalue weighted by Crippen LogP contribution is -2.17. The van der Waals surface area contributed by atoms with Crippen LogP contribution in [0.5, 0.6) is 0 Å². The van der Waals surface area contributed by atoms with Gasteiger partial charge in [-0.05, 0) is 48.9 Å². The lowest BCUT2D eigenvalue weighted by Gasteiger charge is -2.04. The highest BCUT2D eigenvalue weighted by molar-refractivity contribution is 7.98. The molecule has 0 saturated heterocycles. The second-order valence-electron chi connectivity index (χ2n) is 7.09. The van der Waals surface area contributed by atoms with Crippen molar-refractivity contribution in [2.24, 2.45) is 12.1 Å². The Kier molecular flexibility index (Phi) is 6.85. The van der Waals surface area contributed by atoms with E-state index < -0.39 is 0 Å². The predicted octanol–water partition coefficient (Wildman–Crippen LogP) is 4.16. The van der Waals surface area contributed by atoms with Crippen LogP contribution in [0.2, 0.25) is 5.15 Å². The Bertz CT molecular complexity index is 1300. The number of hydrogen-bond acceptors (Lipinski definition) is 6. The molecule has 0 saturated carbocycles. The van der Waals surface area contributed by atoms with Crippen LogP contribution in [0.1, 0.15) is 27.2 Å². The number of carbonyl (C=O) groups is 1. The molecule has 0 aliphatic heterocycles. The normalized spacial score (nSPS) is 11.3. The quantitative estimate of drug-likeness (QED) is 0.242. The first kappa shape index (κ1) is 22.7. The van der Waals surface area contributed by atoms with E-state index in [0.717, 1.165) is 10.7 Å². The third-order valence-corrected chi connectivity index (χ3v) is 6.20. The second-order valence-corrected chi connectivity index (χ2v) is 8.39. The van der Waals surface area contributed by atoms with Crippen molar-refractivity contribution in [3.63, 3.8) is 0 Å². The minimum atomic E-state index is -0.349. The highest BCUT2D eigenvalue weighted by Crippen LogP contribution is 2.22. The van der Waals surface area contributed by atoms with Crippen LogP contribution in [0.4, 0.5) is 4.39 Å². The van der Waals surface area contributed by atoms with Crippen LogP contribution in [0.3, 0.4) is 0 Å². The minimum absolute atomic E-state index is 0.307. The number of halogens is 2. The Labute approximate surface area is 198 Å². The van der Waals surface area contributed by atoms with Crippen LogP contribution in [-0.2, 0) is 12.8 Å². The van der Waals surface area contributed by atoms with E-state index in [2.05, 4.69) is 25.8 Å². The second kappa shape index (κ2) is 9.97. The molecule has 33 heavy (non-hydrogen) atoms. The van der Waals surface area contributed by atoms with Crippen LogP contribution >= 0.6 is 23.4 Å². The van der Waals surface area contributed by atoms with Crippen LogP contribution in [0.15, 0.2) is 65.1 Å². The SMILES string of the molecule is Cc1nn(-c2ccc(F)cc2)c(Cl)c1C=NNC(=O)c1ccc(CSc2nncn2C)cc1. The first-order valence-corrected chi connectivity index (χ1v) is 11.2. The molecule has 0 aliphatic rings. The van der Waals surface area contributed by atoms with E-state index in [9.17, 15) is 9.18 Å². The number of aromatic nitrogens is 5. The van der Waals surface area contributed by atoms with Crippen molar-refractivity contribution in [2.45, 2.75) is 17.8 Å². The van der Waals surface area contributed by atoms with Gasteiger partial charge in [0.25, 0.3) is 5.91 Å². The fourth-order valence-corrected chi connectivity index (χ4v) is 4.10. The van der Waals surface area contributed by atoms with Crippen molar-refractivity contribution in [3.05, 3.63) is 88.2 Å². The molecule has 4 rings (SSSR count). The van der Waals surface area contributed by atoms with E-state index in [4.69, 9.17) is 11.6 Å². The smallest absolute Gasteiger partial charge is 0.271 e. The van der Waals surface area contributed by atoms with Crippen LogP contribution in [0, 0.1) is 12.7 Å². The molecule has 0 fully saturated rings. The molecule has 11 heteroatoms. The van der Waals surface area contributed by atoms with E-state index in [1.165, 1.54) is 23.0 Å². The molecule has 0 bridgehead atoms. The number of nitrogens with zero attached hydrogens (tertiary/aromatic N) is 6. The van der Waals surface area contributed by atoms with Crippen LogP contribution in [-0.4, -0.2) is 36.7 Å². The Hall–Kier alpha value is -3.50. The summed E-state index contributed by atoms with van der Waals surface area (Å²) in [5.74, 6) is 0.0153. The zero-order valence-corrected chi connectivity index (χ0v) is 19.3. The highest BCUT2D eigenvalue weighted by Gasteiger charge is 2.13. The fourth-order valence-electron chi connectivity index (χ4n) is 2.93. The first-order valence-electron chi connectivity index (χ1n) is 9.82. The molecule has 0 spiro atoms. The number of rotatable bonds is 7. The Morgan fingerprint density at radius 3 is 2.61 bits per heavy atom. The average molecular weight is 484 g/mol. The van der Waals surface area contributed by atoms with Crippen LogP contribution in [0.25, 0.3) is 5.69 Å². The molecule has 1 N–H and O–H groups in total. The van der Waals surface area contributed by atoms with E-state index in [-0.39, 0.29) is 11.7 Å². The largest absolute Gasteiger partial charge is 0.312 e. The summed E-state index contributed by atoms with van der Waals surface area (Å²) in [6.45, 7) is 1.77. The number of carbonyl (C=O) groups excluding carboxylic acids is 1. The fraction of sp³-hybridized carbons (Fsp3) is 0.136. The summed E-state index contributed by atoms with van der Waals surface area (Å²) >= 11 is 7.98. The molecule has 0 aliphatic carbocycles. The van der Waals surface area contributed by atoms with E-state index in [1.54, 1.807) is 49.3 Å². The molecule has 4 aromatic rings. The molecular formula is C22H19ClFN7OS. The summed E-state index contributed by atoms with van der Waals surface area (Å²) < 4.78 is 16.5. The maximum Gasteiger partial charge on any atom is 0.271 e. The minimum Gasteiger partial charge on any atom is -0.312 e. The van der Waals surface area contributed by atoms with Crippen LogP contribution < -0.4 is 5.43 Å². The molecule has 1 amide bonds. The molecule has 0 atom stereocenters. The van der Waals surface area contributed by atoms with E-state index in [0.29, 0.717) is 33.4 Å². The third-order valence-electron chi connectivity index (χ3n) is 4.73. The molecule has 168 valence electrons. The number of hydrazone groups is 1. The van der Waals surface area contributed by atoms with Gasteiger partial charge in [-0.1, -0.05) is 35.5 Å². The number of amides is 1. The summed E-state index contributed by atoms with van der Waals surface area (Å²) in [5.41, 5.74) is 5.82. The molecule has 2 heterocycles. The van der Waals surface area contributed by atoms with Gasteiger partial charge >= 0.3 is 0 Å². The van der Waals surface area contributed by atoms with Gasteiger partial charge < -0.3 is 4.57 Å². The van der Waals surface area contributed by atoms with Gasteiger partial charge in [0.05, 0.1) is 23.2 Å². The van der Waals surface area contributed by atoms with Gasteiger partial charge in [0.2, 0.25) is 0 Å². The number of aryl methyl sites for hydroxylation is 2. The van der Waals surface area contributed by atoms with Gasteiger partial charge in [-0.2, -0.15) is 10.2 Å². The number of benzene rings is 2. The zero-order valence-electron chi connectivity index (χ0n) is 17.7. The Balaban J connectivity index is 1.38. The summed E-state index contributed by atoms with van der Waals surface area (Å²) in [6, 6.07) is 13.1. The molecule has 2 aromatic carbocycles. The van der Waals surface area contributed by atoms with Gasteiger partial charge in [-0.25, -0.2) is 14.5 Å². The van der Waals surface area contributed by atoms with E-state index >= 15 is 0 Å². The van der Waals surface area contributed by atoms with Crippen molar-refractivity contribution >= 4 is 35.5 Å². The summed E-state index contributed by atoms with van der Waals surface area (Å²) in [7, 11) is 1.89. The number of nitrogens with one attached hydrogen (secondary N) is 1. The van der Waals surface area contributed by atoms with Gasteiger partial charge in [0, 0.05) is 18.4 Å². The van der Waals surface area contributed by atoms with Gasteiger partial charge in [-0.3, -0.25) is 4.79 Å². The molecule has 2 aromatic heterocycles. The Morgan fingerprint density at radius 1 is 1.21 bits per heavy atom. The van der Waals surface area contributed by atoms with E-state index in [1.807, 2.05) is 23.7 Å². The average Bonchev–Trinajstić information content (AvgIpc) is 3.35. The molecule has 0 unspecified atom stereocenters. The van der Waals surface area contributed by atoms with Gasteiger partial charge in [0.1, 0.15) is 17.3 Å². The summed E-state index contributed by atoms with van der Waals surface area (Å²) in [6.07, 6.45) is 3.09.